The topological polar surface area (TPSA) is 88.4 Å². The predicted octanol–water partition coefficient (Wildman–Crippen LogP) is 4.79. The lowest BCUT2D eigenvalue weighted by molar-refractivity contribution is 0.0694. The first kappa shape index (κ1) is 21.3. The number of nitrogens with one attached hydrogen (secondary N) is 1. The summed E-state index contributed by atoms with van der Waals surface area (Å²) >= 11 is 6.08. The molecule has 4 aromatic rings. The molecule has 1 heterocycles. The van der Waals surface area contributed by atoms with Gasteiger partial charge < -0.3 is 15.0 Å². The van der Waals surface area contributed by atoms with E-state index in [0.29, 0.717) is 21.8 Å². The Morgan fingerprint density at radius 1 is 1.03 bits per heavy atom. The van der Waals surface area contributed by atoms with E-state index in [2.05, 4.69) is 5.32 Å². The van der Waals surface area contributed by atoms with Crippen molar-refractivity contribution in [3.05, 3.63) is 111 Å². The van der Waals surface area contributed by atoms with E-state index in [4.69, 9.17) is 11.6 Å². The number of amides is 1. The number of carboxylic acids is 1. The van der Waals surface area contributed by atoms with Gasteiger partial charge in [0, 0.05) is 23.7 Å². The highest BCUT2D eigenvalue weighted by Crippen LogP contribution is 2.22. The van der Waals surface area contributed by atoms with Crippen molar-refractivity contribution in [2.75, 3.05) is 5.32 Å². The number of carbonyl (C=O) groups excluding carboxylic acids is 1. The molecule has 0 unspecified atom stereocenters. The molecule has 6 nitrogen and oxygen atoms in total. The first-order valence-electron chi connectivity index (χ1n) is 9.54. The Hall–Kier alpha value is -3.97. The maximum absolute atomic E-state index is 13.2. The van der Waals surface area contributed by atoms with Crippen LogP contribution in [0, 0.1) is 5.82 Å². The zero-order valence-corrected chi connectivity index (χ0v) is 17.3. The van der Waals surface area contributed by atoms with E-state index in [1.54, 1.807) is 47.0 Å². The predicted molar refractivity (Wildman–Crippen MR) is 120 cm³/mol. The second-order valence-electron chi connectivity index (χ2n) is 7.10. The Balaban J connectivity index is 1.79. The molecule has 0 saturated carbocycles. The van der Waals surface area contributed by atoms with Gasteiger partial charge in [-0.05, 0) is 48.0 Å². The summed E-state index contributed by atoms with van der Waals surface area (Å²) in [6.45, 7) is 0.211. The molecule has 0 aliphatic rings. The van der Waals surface area contributed by atoms with Crippen LogP contribution in [0.1, 0.15) is 26.3 Å². The van der Waals surface area contributed by atoms with Gasteiger partial charge in [-0.3, -0.25) is 9.59 Å². The third-order valence-corrected chi connectivity index (χ3v) is 5.29. The van der Waals surface area contributed by atoms with Crippen molar-refractivity contribution in [2.45, 2.75) is 6.54 Å². The smallest absolute Gasteiger partial charge is 0.341 e. The van der Waals surface area contributed by atoms with Crippen molar-refractivity contribution in [3.8, 4) is 0 Å². The fraction of sp³-hybridized carbons (Fsp3) is 0.0417. The average molecular weight is 451 g/mol. The van der Waals surface area contributed by atoms with Crippen LogP contribution in [-0.4, -0.2) is 21.6 Å². The van der Waals surface area contributed by atoms with Crippen LogP contribution in [0.15, 0.2) is 77.7 Å². The van der Waals surface area contributed by atoms with Crippen molar-refractivity contribution < 1.29 is 19.1 Å². The van der Waals surface area contributed by atoms with Crippen LogP contribution in [0.25, 0.3) is 10.9 Å². The Morgan fingerprint density at radius 2 is 1.75 bits per heavy atom. The number of halogens is 2. The number of hydrogen-bond donors (Lipinski definition) is 2. The number of pyridine rings is 1. The van der Waals surface area contributed by atoms with Gasteiger partial charge in [0.2, 0.25) is 5.43 Å². The largest absolute Gasteiger partial charge is 0.477 e. The van der Waals surface area contributed by atoms with E-state index in [0.717, 1.165) is 0 Å². The maximum Gasteiger partial charge on any atom is 0.341 e. The molecular formula is C24H16ClFN2O4. The fourth-order valence-corrected chi connectivity index (χ4v) is 3.55. The Kier molecular flexibility index (Phi) is 5.75. The van der Waals surface area contributed by atoms with E-state index in [1.165, 1.54) is 30.5 Å². The first-order chi connectivity index (χ1) is 15.3. The maximum atomic E-state index is 13.2. The van der Waals surface area contributed by atoms with E-state index in [-0.39, 0.29) is 23.3 Å². The standard InChI is InChI=1S/C24H16ClFN2O4/c25-19-3-1-2-4-20(19)27-23(30)15-7-10-21-17(11-15)22(29)18(24(31)32)13-28(21)12-14-5-8-16(26)9-6-14/h1-11,13H,12H2,(H,27,30)(H,31,32). The summed E-state index contributed by atoms with van der Waals surface area (Å²) in [5.74, 6) is -2.26. The highest BCUT2D eigenvalue weighted by atomic mass is 35.5. The molecule has 160 valence electrons. The van der Waals surface area contributed by atoms with Crippen LogP contribution in [0.5, 0.6) is 0 Å². The molecule has 0 saturated heterocycles. The number of rotatable bonds is 5. The number of aromatic nitrogens is 1. The number of carboxylic acid groups (broad SMARTS) is 1. The summed E-state index contributed by atoms with van der Waals surface area (Å²) in [5, 5.41) is 12.6. The molecule has 0 aliphatic heterocycles. The molecule has 2 N–H and O–H groups in total. The highest BCUT2D eigenvalue weighted by Gasteiger charge is 2.17. The summed E-state index contributed by atoms with van der Waals surface area (Å²) in [5.41, 5.74) is 0.614. The van der Waals surface area contributed by atoms with Crippen LogP contribution in [0.2, 0.25) is 5.02 Å². The molecule has 0 atom stereocenters. The summed E-state index contributed by atoms with van der Waals surface area (Å²) in [4.78, 5) is 37.2. The molecule has 1 aromatic heterocycles. The van der Waals surface area contributed by atoms with Gasteiger partial charge in [-0.2, -0.15) is 0 Å². The summed E-state index contributed by atoms with van der Waals surface area (Å²) in [6, 6.07) is 16.9. The second-order valence-corrected chi connectivity index (χ2v) is 7.50. The third-order valence-electron chi connectivity index (χ3n) is 4.96. The molecule has 8 heteroatoms. The van der Waals surface area contributed by atoms with E-state index in [1.807, 2.05) is 0 Å². The number of benzene rings is 3. The SMILES string of the molecule is O=C(Nc1ccccc1Cl)c1ccc2c(c1)c(=O)c(C(=O)O)cn2Cc1ccc(F)cc1. The van der Waals surface area contributed by atoms with Crippen LogP contribution in [-0.2, 0) is 6.54 Å². The second kappa shape index (κ2) is 8.64. The van der Waals surface area contributed by atoms with Crippen molar-refractivity contribution in [3.63, 3.8) is 0 Å². The molecule has 32 heavy (non-hydrogen) atoms. The van der Waals surface area contributed by atoms with Gasteiger partial charge >= 0.3 is 5.97 Å². The fourth-order valence-electron chi connectivity index (χ4n) is 3.37. The number of para-hydroxylation sites is 1. The monoisotopic (exact) mass is 450 g/mol. The molecule has 0 aliphatic carbocycles. The van der Waals surface area contributed by atoms with E-state index < -0.39 is 22.9 Å². The summed E-state index contributed by atoms with van der Waals surface area (Å²) in [7, 11) is 0. The number of nitrogens with zero attached hydrogens (tertiary/aromatic N) is 1. The van der Waals surface area contributed by atoms with E-state index >= 15 is 0 Å². The van der Waals surface area contributed by atoms with Gasteiger partial charge in [0.25, 0.3) is 5.91 Å². The lowest BCUT2D eigenvalue weighted by Crippen LogP contribution is -2.20. The van der Waals surface area contributed by atoms with Gasteiger partial charge in [0.05, 0.1) is 16.2 Å². The zero-order valence-electron chi connectivity index (χ0n) is 16.5. The minimum atomic E-state index is -1.38. The third kappa shape index (κ3) is 4.24. The van der Waals surface area contributed by atoms with Crippen LogP contribution in [0.4, 0.5) is 10.1 Å². The van der Waals surface area contributed by atoms with Gasteiger partial charge in [0.15, 0.2) is 0 Å². The average Bonchev–Trinajstić information content (AvgIpc) is 2.78. The van der Waals surface area contributed by atoms with Crippen molar-refractivity contribution in [1.29, 1.82) is 0 Å². The molecule has 4 rings (SSSR count). The molecular weight excluding hydrogens is 435 g/mol. The molecule has 0 spiro atoms. The summed E-state index contributed by atoms with van der Waals surface area (Å²) < 4.78 is 14.8. The van der Waals surface area contributed by atoms with Crippen LogP contribution >= 0.6 is 11.6 Å². The van der Waals surface area contributed by atoms with Gasteiger partial charge in [-0.15, -0.1) is 0 Å². The minimum absolute atomic E-state index is 0.0822. The zero-order chi connectivity index (χ0) is 22.8. The van der Waals surface area contributed by atoms with Gasteiger partial charge in [-0.25, -0.2) is 9.18 Å². The number of fused-ring (bicyclic) bond motifs is 1. The Labute approximate surface area is 186 Å². The normalized spacial score (nSPS) is 10.8. The van der Waals surface area contributed by atoms with Crippen molar-refractivity contribution in [2.24, 2.45) is 0 Å². The Bertz CT molecular complexity index is 1410. The van der Waals surface area contributed by atoms with Crippen molar-refractivity contribution in [1.82, 2.24) is 4.57 Å². The lowest BCUT2D eigenvalue weighted by atomic mass is 10.1. The number of hydrogen-bond acceptors (Lipinski definition) is 3. The quantitative estimate of drug-likeness (QED) is 0.457. The number of anilines is 1. The summed E-state index contributed by atoms with van der Waals surface area (Å²) in [6.07, 6.45) is 1.25. The highest BCUT2D eigenvalue weighted by molar-refractivity contribution is 6.33. The molecule has 0 fully saturated rings. The lowest BCUT2D eigenvalue weighted by Gasteiger charge is -2.14. The Morgan fingerprint density at radius 3 is 2.44 bits per heavy atom. The van der Waals surface area contributed by atoms with Crippen molar-refractivity contribution >= 4 is 40.1 Å². The van der Waals surface area contributed by atoms with E-state index in [9.17, 15) is 23.9 Å². The van der Waals surface area contributed by atoms with Crippen LogP contribution in [0.3, 0.4) is 0 Å². The van der Waals surface area contributed by atoms with Crippen LogP contribution < -0.4 is 10.7 Å². The van der Waals surface area contributed by atoms with Gasteiger partial charge in [-0.1, -0.05) is 35.9 Å². The van der Waals surface area contributed by atoms with Gasteiger partial charge in [0.1, 0.15) is 11.4 Å². The molecule has 1 amide bonds. The molecule has 0 bridgehead atoms. The number of aromatic carboxylic acids is 1. The molecule has 0 radical (unpaired) electrons. The number of carbonyl (C=O) groups is 2. The minimum Gasteiger partial charge on any atom is -0.477 e. The molecule has 3 aromatic carbocycles. The first-order valence-corrected chi connectivity index (χ1v) is 9.92.